The highest BCUT2D eigenvalue weighted by atomic mass is 127. The van der Waals surface area contributed by atoms with E-state index in [0.717, 1.165) is 13.0 Å². The van der Waals surface area contributed by atoms with E-state index < -0.39 is 0 Å². The molecule has 2 aromatic rings. The van der Waals surface area contributed by atoms with E-state index in [1.54, 1.807) is 0 Å². The number of hydrogen-bond acceptors (Lipinski definition) is 2. The third-order valence-electron chi connectivity index (χ3n) is 2.72. The van der Waals surface area contributed by atoms with E-state index in [9.17, 15) is 0 Å². The summed E-state index contributed by atoms with van der Waals surface area (Å²) in [4.78, 5) is 0. The smallest absolute Gasteiger partial charge is 0.0656 e. The lowest BCUT2D eigenvalue weighted by atomic mass is 10.0. The quantitative estimate of drug-likeness (QED) is 0.789. The highest BCUT2D eigenvalue weighted by molar-refractivity contribution is 14.1. The van der Waals surface area contributed by atoms with Crippen LogP contribution in [0.3, 0.4) is 0 Å². The predicted octanol–water partition coefficient (Wildman–Crippen LogP) is 4.25. The molecule has 3 heteroatoms. The average molecular weight is 357 g/mol. The van der Waals surface area contributed by atoms with Crippen LogP contribution in [0.25, 0.3) is 0 Å². The topological polar surface area (TPSA) is 12.0 Å². The average Bonchev–Trinajstić information content (AvgIpc) is 2.77. The van der Waals surface area contributed by atoms with Crippen LogP contribution >= 0.6 is 33.9 Å². The van der Waals surface area contributed by atoms with Gasteiger partial charge in [-0.2, -0.15) is 0 Å². The fourth-order valence-corrected chi connectivity index (χ4v) is 3.34. The van der Waals surface area contributed by atoms with Crippen molar-refractivity contribution in [2.24, 2.45) is 0 Å². The predicted molar refractivity (Wildman–Crippen MR) is 83.6 cm³/mol. The monoisotopic (exact) mass is 357 g/mol. The molecule has 0 aliphatic heterocycles. The van der Waals surface area contributed by atoms with Crippen LogP contribution in [0.4, 0.5) is 0 Å². The van der Waals surface area contributed by atoms with Crippen LogP contribution in [0.15, 0.2) is 41.8 Å². The van der Waals surface area contributed by atoms with E-state index in [1.807, 2.05) is 11.3 Å². The Labute approximate surface area is 120 Å². The molecule has 0 saturated carbocycles. The van der Waals surface area contributed by atoms with Crippen LogP contribution in [0.2, 0.25) is 0 Å². The number of benzene rings is 1. The third kappa shape index (κ3) is 3.79. The van der Waals surface area contributed by atoms with Gasteiger partial charge >= 0.3 is 0 Å². The Hall–Kier alpha value is -0.390. The molecule has 1 N–H and O–H groups in total. The first-order valence-electron chi connectivity index (χ1n) is 5.81. The SMILES string of the molecule is CCNC(Cc1ccccc1)c1csc(I)c1. The van der Waals surface area contributed by atoms with Gasteiger partial charge in [-0.15, -0.1) is 11.3 Å². The molecular formula is C14H16INS. The number of halogens is 1. The molecule has 1 unspecified atom stereocenters. The summed E-state index contributed by atoms with van der Waals surface area (Å²) in [6.07, 6.45) is 1.06. The summed E-state index contributed by atoms with van der Waals surface area (Å²) in [6, 6.07) is 13.4. The number of rotatable bonds is 5. The maximum atomic E-state index is 3.56. The normalized spacial score (nSPS) is 12.6. The van der Waals surface area contributed by atoms with Crippen molar-refractivity contribution >= 4 is 33.9 Å². The van der Waals surface area contributed by atoms with E-state index in [0.29, 0.717) is 6.04 Å². The number of likely N-dealkylation sites (N-methyl/N-ethyl adjacent to an activating group) is 1. The van der Waals surface area contributed by atoms with Gasteiger partial charge in [0.1, 0.15) is 0 Å². The zero-order valence-corrected chi connectivity index (χ0v) is 12.8. The standard InChI is InChI=1S/C14H16INS/c1-2-16-13(12-9-14(15)17-10-12)8-11-6-4-3-5-7-11/h3-7,9-10,13,16H,2,8H2,1H3. The van der Waals surface area contributed by atoms with Crippen LogP contribution in [0, 0.1) is 2.88 Å². The molecule has 0 amide bonds. The van der Waals surface area contributed by atoms with Crippen molar-refractivity contribution in [3.63, 3.8) is 0 Å². The zero-order valence-electron chi connectivity index (χ0n) is 9.82. The highest BCUT2D eigenvalue weighted by Crippen LogP contribution is 2.24. The summed E-state index contributed by atoms with van der Waals surface area (Å²) in [7, 11) is 0. The first-order valence-corrected chi connectivity index (χ1v) is 7.76. The van der Waals surface area contributed by atoms with Crippen LogP contribution in [0.1, 0.15) is 24.1 Å². The van der Waals surface area contributed by atoms with Gasteiger partial charge in [0.15, 0.2) is 0 Å². The van der Waals surface area contributed by atoms with Crippen LogP contribution < -0.4 is 5.32 Å². The summed E-state index contributed by atoms with van der Waals surface area (Å²) in [5.74, 6) is 0. The fourth-order valence-electron chi connectivity index (χ4n) is 1.91. The van der Waals surface area contributed by atoms with Gasteiger partial charge in [0, 0.05) is 6.04 Å². The Morgan fingerprint density at radius 3 is 2.65 bits per heavy atom. The van der Waals surface area contributed by atoms with Gasteiger partial charge in [0.2, 0.25) is 0 Å². The zero-order chi connectivity index (χ0) is 12.1. The molecule has 0 aliphatic carbocycles. The molecule has 0 radical (unpaired) electrons. The number of thiophene rings is 1. The summed E-state index contributed by atoms with van der Waals surface area (Å²) >= 11 is 4.20. The van der Waals surface area contributed by atoms with Crippen molar-refractivity contribution in [2.75, 3.05) is 6.54 Å². The summed E-state index contributed by atoms with van der Waals surface area (Å²) in [6.45, 7) is 3.17. The Morgan fingerprint density at radius 1 is 1.29 bits per heavy atom. The minimum atomic E-state index is 0.433. The van der Waals surface area contributed by atoms with Crippen molar-refractivity contribution in [3.8, 4) is 0 Å². The Bertz CT molecular complexity index is 452. The molecule has 0 fully saturated rings. The molecule has 0 saturated heterocycles. The van der Waals surface area contributed by atoms with Crippen molar-refractivity contribution in [1.82, 2.24) is 5.32 Å². The molecule has 2 rings (SSSR count). The maximum Gasteiger partial charge on any atom is 0.0656 e. The van der Waals surface area contributed by atoms with E-state index in [1.165, 1.54) is 14.0 Å². The van der Waals surface area contributed by atoms with Crippen molar-refractivity contribution < 1.29 is 0 Å². The third-order valence-corrected chi connectivity index (χ3v) is 4.53. The number of nitrogens with one attached hydrogen (secondary N) is 1. The second-order valence-corrected chi connectivity index (χ2v) is 6.79. The molecular weight excluding hydrogens is 341 g/mol. The van der Waals surface area contributed by atoms with Gasteiger partial charge in [-0.3, -0.25) is 0 Å². The molecule has 1 atom stereocenters. The maximum absolute atomic E-state index is 3.56. The van der Waals surface area contributed by atoms with Gasteiger partial charge < -0.3 is 5.32 Å². The van der Waals surface area contributed by atoms with Crippen molar-refractivity contribution in [3.05, 3.63) is 55.8 Å². The highest BCUT2D eigenvalue weighted by Gasteiger charge is 2.12. The fraction of sp³-hybridized carbons (Fsp3) is 0.286. The molecule has 0 spiro atoms. The molecule has 0 bridgehead atoms. The van der Waals surface area contributed by atoms with Crippen LogP contribution in [0.5, 0.6) is 0 Å². The van der Waals surface area contributed by atoms with Crippen LogP contribution in [-0.4, -0.2) is 6.54 Å². The molecule has 1 heterocycles. The minimum Gasteiger partial charge on any atom is -0.310 e. The van der Waals surface area contributed by atoms with Gasteiger partial charge in [-0.05, 0) is 58.1 Å². The molecule has 17 heavy (non-hydrogen) atoms. The second-order valence-electron chi connectivity index (χ2n) is 3.98. The summed E-state index contributed by atoms with van der Waals surface area (Å²) in [5, 5.41) is 5.83. The molecule has 90 valence electrons. The van der Waals surface area contributed by atoms with Gasteiger partial charge in [0.25, 0.3) is 0 Å². The summed E-state index contributed by atoms with van der Waals surface area (Å²) < 4.78 is 1.36. The van der Waals surface area contributed by atoms with E-state index >= 15 is 0 Å². The first kappa shape index (κ1) is 13.1. The Morgan fingerprint density at radius 2 is 2.06 bits per heavy atom. The Kier molecular flexibility index (Phi) is 5.00. The minimum absolute atomic E-state index is 0.433. The second kappa shape index (κ2) is 6.52. The first-order chi connectivity index (χ1) is 8.29. The Balaban J connectivity index is 2.13. The lowest BCUT2D eigenvalue weighted by molar-refractivity contribution is 0.551. The number of hydrogen-bond donors (Lipinski definition) is 1. The van der Waals surface area contributed by atoms with Gasteiger partial charge in [0.05, 0.1) is 2.88 Å². The summed E-state index contributed by atoms with van der Waals surface area (Å²) in [5.41, 5.74) is 2.80. The van der Waals surface area contributed by atoms with E-state index in [-0.39, 0.29) is 0 Å². The lowest BCUT2D eigenvalue weighted by Crippen LogP contribution is -2.22. The van der Waals surface area contributed by atoms with Gasteiger partial charge in [-0.1, -0.05) is 37.3 Å². The largest absolute Gasteiger partial charge is 0.310 e. The van der Waals surface area contributed by atoms with Crippen molar-refractivity contribution in [1.29, 1.82) is 0 Å². The molecule has 1 nitrogen and oxygen atoms in total. The van der Waals surface area contributed by atoms with Crippen LogP contribution in [-0.2, 0) is 6.42 Å². The van der Waals surface area contributed by atoms with E-state index in [2.05, 4.69) is 76.6 Å². The van der Waals surface area contributed by atoms with Gasteiger partial charge in [-0.25, -0.2) is 0 Å². The van der Waals surface area contributed by atoms with Crippen molar-refractivity contribution in [2.45, 2.75) is 19.4 Å². The molecule has 1 aromatic carbocycles. The lowest BCUT2D eigenvalue weighted by Gasteiger charge is -2.16. The molecule has 0 aliphatic rings. The van der Waals surface area contributed by atoms with E-state index in [4.69, 9.17) is 0 Å². The molecule has 1 aromatic heterocycles.